The Balaban J connectivity index is 0.00000192. The van der Waals surface area contributed by atoms with Gasteiger partial charge in [-0.25, -0.2) is 0 Å². The highest BCUT2D eigenvalue weighted by Crippen LogP contribution is 2.24. The highest BCUT2D eigenvalue weighted by molar-refractivity contribution is 6.04. The number of ether oxygens (including phenoxy) is 1. The number of benzene rings is 1. The van der Waals surface area contributed by atoms with E-state index in [1.54, 1.807) is 19.1 Å². The number of carbonyl (C=O) groups is 1. The van der Waals surface area contributed by atoms with Crippen LogP contribution in [-0.2, 0) is 6.54 Å². The highest BCUT2D eigenvalue weighted by Gasteiger charge is 2.13. The van der Waals surface area contributed by atoms with E-state index in [0.717, 1.165) is 23.6 Å². The molecule has 1 aromatic carbocycles. The molecule has 23 heavy (non-hydrogen) atoms. The molecule has 7 heteroatoms. The van der Waals surface area contributed by atoms with E-state index in [1.807, 2.05) is 12.1 Å². The molecule has 6 nitrogen and oxygen atoms in total. The predicted octanol–water partition coefficient (Wildman–Crippen LogP) is 1.84. The summed E-state index contributed by atoms with van der Waals surface area (Å²) >= 11 is 0. The molecular weight excluding hydrogens is 318 g/mol. The van der Waals surface area contributed by atoms with Crippen molar-refractivity contribution in [2.24, 2.45) is 0 Å². The molecule has 3 N–H and O–H groups in total. The number of fused-ring (bicyclic) bond motifs is 1. The first kappa shape index (κ1) is 17.1. The number of anilines is 1. The Labute approximate surface area is 139 Å². The Hall–Kier alpha value is -2.31. The zero-order valence-corrected chi connectivity index (χ0v) is 13.5. The lowest BCUT2D eigenvalue weighted by Gasteiger charge is -2.10. The summed E-state index contributed by atoms with van der Waals surface area (Å²) in [5.41, 5.74) is 2.03. The van der Waals surface area contributed by atoms with E-state index in [4.69, 9.17) is 4.74 Å². The van der Waals surface area contributed by atoms with E-state index >= 15 is 0 Å². The topological polar surface area (TPSA) is 83.2 Å². The first-order chi connectivity index (χ1) is 10.6. The summed E-state index contributed by atoms with van der Waals surface area (Å²) in [5.74, 6) is 0.389. The van der Waals surface area contributed by atoms with Crippen molar-refractivity contribution in [2.45, 2.75) is 13.5 Å². The van der Waals surface area contributed by atoms with Crippen molar-refractivity contribution in [3.63, 3.8) is 0 Å². The largest absolute Gasteiger partial charge is 0.492 e. The predicted molar refractivity (Wildman–Crippen MR) is 90.6 cm³/mol. The minimum Gasteiger partial charge on any atom is -0.492 e. The molecule has 0 fully saturated rings. The normalized spacial score (nSPS) is 13.1. The van der Waals surface area contributed by atoms with Crippen LogP contribution in [0.1, 0.15) is 21.6 Å². The molecule has 0 atom stereocenters. The number of nitrogens with one attached hydrogen (secondary N) is 3. The van der Waals surface area contributed by atoms with Crippen LogP contribution in [0.5, 0.6) is 5.75 Å². The average Bonchev–Trinajstić information content (AvgIpc) is 2.71. The van der Waals surface area contributed by atoms with Crippen LogP contribution in [0.15, 0.2) is 35.1 Å². The van der Waals surface area contributed by atoms with Gasteiger partial charge in [0.25, 0.3) is 11.5 Å². The fourth-order valence-electron chi connectivity index (χ4n) is 2.34. The standard InChI is InChI=1S/C16H17N3O3.ClH/c1-10-2-4-13(15(20)18-10)16(21)19-12-3-5-14-11(8-12)9-17-6-7-22-14;/h2-5,8,17H,6-7,9H2,1H3,(H,18,20)(H,19,21);1H. The lowest BCUT2D eigenvalue weighted by atomic mass is 10.1. The van der Waals surface area contributed by atoms with E-state index in [9.17, 15) is 9.59 Å². The van der Waals surface area contributed by atoms with Crippen molar-refractivity contribution in [2.75, 3.05) is 18.5 Å². The smallest absolute Gasteiger partial charge is 0.261 e. The minimum atomic E-state index is -0.427. The van der Waals surface area contributed by atoms with Crippen LogP contribution in [0, 0.1) is 6.92 Å². The van der Waals surface area contributed by atoms with Gasteiger partial charge in [0.1, 0.15) is 17.9 Å². The maximum Gasteiger partial charge on any atom is 0.261 e. The third kappa shape index (κ3) is 3.91. The Bertz CT molecular complexity index is 773. The second-order valence-electron chi connectivity index (χ2n) is 5.19. The van der Waals surface area contributed by atoms with Crippen LogP contribution < -0.4 is 20.9 Å². The van der Waals surface area contributed by atoms with Gasteiger partial charge in [-0.3, -0.25) is 9.59 Å². The maximum atomic E-state index is 12.2. The molecule has 0 radical (unpaired) electrons. The van der Waals surface area contributed by atoms with Crippen LogP contribution in [0.2, 0.25) is 0 Å². The molecular formula is C16H18ClN3O3. The lowest BCUT2D eigenvalue weighted by molar-refractivity contribution is 0.102. The molecule has 1 aliphatic rings. The molecule has 3 rings (SSSR count). The molecule has 1 amide bonds. The number of aryl methyl sites for hydroxylation is 1. The first-order valence-electron chi connectivity index (χ1n) is 7.11. The Kier molecular flexibility index (Phi) is 5.41. The summed E-state index contributed by atoms with van der Waals surface area (Å²) < 4.78 is 5.60. The molecule has 0 spiro atoms. The monoisotopic (exact) mass is 335 g/mol. The van der Waals surface area contributed by atoms with E-state index in [0.29, 0.717) is 18.8 Å². The van der Waals surface area contributed by atoms with Gasteiger partial charge in [-0.2, -0.15) is 0 Å². The molecule has 2 heterocycles. The quantitative estimate of drug-likeness (QED) is 0.782. The van der Waals surface area contributed by atoms with Crippen molar-refractivity contribution in [3.8, 4) is 5.75 Å². The Morgan fingerprint density at radius 2 is 2.09 bits per heavy atom. The van der Waals surface area contributed by atoms with Gasteiger partial charge in [-0.05, 0) is 37.3 Å². The van der Waals surface area contributed by atoms with Crippen LogP contribution in [-0.4, -0.2) is 24.0 Å². The number of rotatable bonds is 2. The molecule has 0 bridgehead atoms. The van der Waals surface area contributed by atoms with Gasteiger partial charge in [0.15, 0.2) is 0 Å². The van der Waals surface area contributed by atoms with Gasteiger partial charge < -0.3 is 20.4 Å². The van der Waals surface area contributed by atoms with E-state index in [-0.39, 0.29) is 18.0 Å². The van der Waals surface area contributed by atoms with Gasteiger partial charge >= 0.3 is 0 Å². The summed E-state index contributed by atoms with van der Waals surface area (Å²) in [6.07, 6.45) is 0. The summed E-state index contributed by atoms with van der Waals surface area (Å²) in [7, 11) is 0. The maximum absolute atomic E-state index is 12.2. The number of H-pyrrole nitrogens is 1. The average molecular weight is 336 g/mol. The number of carbonyl (C=O) groups excluding carboxylic acids is 1. The molecule has 0 aliphatic carbocycles. The zero-order chi connectivity index (χ0) is 15.5. The zero-order valence-electron chi connectivity index (χ0n) is 12.6. The summed E-state index contributed by atoms with van der Waals surface area (Å²) in [6.45, 7) is 3.86. The Morgan fingerprint density at radius 3 is 2.87 bits per heavy atom. The van der Waals surface area contributed by atoms with Crippen LogP contribution >= 0.6 is 12.4 Å². The van der Waals surface area contributed by atoms with Crippen molar-refractivity contribution < 1.29 is 9.53 Å². The van der Waals surface area contributed by atoms with Crippen molar-refractivity contribution in [3.05, 3.63) is 57.5 Å². The van der Waals surface area contributed by atoms with Crippen LogP contribution in [0.25, 0.3) is 0 Å². The first-order valence-corrected chi connectivity index (χ1v) is 7.11. The number of amides is 1. The molecule has 0 unspecified atom stereocenters. The number of halogens is 1. The van der Waals surface area contributed by atoms with Gasteiger partial charge in [0.2, 0.25) is 0 Å². The summed E-state index contributed by atoms with van der Waals surface area (Å²) in [4.78, 5) is 26.6. The number of pyridine rings is 1. The molecule has 1 aromatic heterocycles. The van der Waals surface area contributed by atoms with Gasteiger partial charge in [0, 0.05) is 30.0 Å². The lowest BCUT2D eigenvalue weighted by Crippen LogP contribution is -2.23. The van der Waals surface area contributed by atoms with Crippen molar-refractivity contribution in [1.29, 1.82) is 0 Å². The van der Waals surface area contributed by atoms with E-state index in [1.165, 1.54) is 6.07 Å². The summed E-state index contributed by atoms with van der Waals surface area (Å²) in [5, 5.41) is 5.99. The number of aromatic amines is 1. The molecule has 0 saturated heterocycles. The number of hydrogen-bond acceptors (Lipinski definition) is 4. The fraction of sp³-hybridized carbons (Fsp3) is 0.250. The number of hydrogen-bond donors (Lipinski definition) is 3. The van der Waals surface area contributed by atoms with Gasteiger partial charge in [0.05, 0.1) is 0 Å². The molecule has 1 aliphatic heterocycles. The third-order valence-electron chi connectivity index (χ3n) is 3.47. The molecule has 2 aromatic rings. The third-order valence-corrected chi connectivity index (χ3v) is 3.47. The van der Waals surface area contributed by atoms with Crippen LogP contribution in [0.3, 0.4) is 0 Å². The van der Waals surface area contributed by atoms with Crippen molar-refractivity contribution in [1.82, 2.24) is 10.3 Å². The van der Waals surface area contributed by atoms with E-state index in [2.05, 4.69) is 15.6 Å². The molecule has 122 valence electrons. The highest BCUT2D eigenvalue weighted by atomic mass is 35.5. The molecule has 0 saturated carbocycles. The van der Waals surface area contributed by atoms with Gasteiger partial charge in [-0.1, -0.05) is 0 Å². The number of aromatic nitrogens is 1. The second-order valence-corrected chi connectivity index (χ2v) is 5.19. The van der Waals surface area contributed by atoms with Gasteiger partial charge in [-0.15, -0.1) is 12.4 Å². The van der Waals surface area contributed by atoms with Crippen LogP contribution in [0.4, 0.5) is 5.69 Å². The SMILES string of the molecule is Cc1ccc(C(=O)Nc2ccc3c(c2)CNCCO3)c(=O)[nH]1.Cl. The van der Waals surface area contributed by atoms with E-state index < -0.39 is 11.5 Å². The summed E-state index contributed by atoms with van der Waals surface area (Å²) in [6, 6.07) is 8.68. The fourth-order valence-corrected chi connectivity index (χ4v) is 2.34. The van der Waals surface area contributed by atoms with Crippen molar-refractivity contribution >= 4 is 24.0 Å². The second kappa shape index (κ2) is 7.30. The Morgan fingerprint density at radius 1 is 1.26 bits per heavy atom. The minimum absolute atomic E-state index is 0.